The van der Waals surface area contributed by atoms with Crippen molar-refractivity contribution in [2.45, 2.75) is 0 Å². The first kappa shape index (κ1) is 21.1. The predicted molar refractivity (Wildman–Crippen MR) is 114 cm³/mol. The Bertz CT molecular complexity index is 1120. The monoisotopic (exact) mass is 461 g/mol. The molecule has 0 atom stereocenters. The van der Waals surface area contributed by atoms with Crippen molar-refractivity contribution in [1.82, 2.24) is 9.80 Å². The number of piperazine rings is 1. The Morgan fingerprint density at radius 2 is 1.71 bits per heavy atom. The maximum absolute atomic E-state index is 13.2. The van der Waals surface area contributed by atoms with Crippen LogP contribution in [-0.2, 0) is 0 Å². The second kappa shape index (κ2) is 8.91. The standard InChI is InChI=1S/C21H17ClFN3O4S/c22-15-12-13(23)3-4-14(15)20(28)25-7-9-26(10-8-25)21(29)17-5-6-18(31-17)24-19(27)16-2-1-11-30-16/h1-6,11-12H,7-10H2,(H,24,27). The van der Waals surface area contributed by atoms with Crippen LogP contribution in [0.4, 0.5) is 9.39 Å². The minimum atomic E-state index is -0.507. The van der Waals surface area contributed by atoms with Crippen LogP contribution in [0.3, 0.4) is 0 Å². The van der Waals surface area contributed by atoms with Gasteiger partial charge in [0, 0.05) is 26.2 Å². The van der Waals surface area contributed by atoms with Gasteiger partial charge in [0.1, 0.15) is 5.82 Å². The second-order valence-electron chi connectivity index (χ2n) is 6.80. The van der Waals surface area contributed by atoms with Crippen LogP contribution in [0.15, 0.2) is 53.1 Å². The summed E-state index contributed by atoms with van der Waals surface area (Å²) in [5, 5.41) is 3.29. The minimum absolute atomic E-state index is 0.0613. The number of benzene rings is 1. The fourth-order valence-corrected chi connectivity index (χ4v) is 4.32. The number of carbonyl (C=O) groups excluding carboxylic acids is 3. The van der Waals surface area contributed by atoms with Gasteiger partial charge in [0.2, 0.25) is 0 Å². The summed E-state index contributed by atoms with van der Waals surface area (Å²) in [6, 6.07) is 10.1. The lowest BCUT2D eigenvalue weighted by molar-refractivity contribution is 0.0538. The molecule has 0 saturated carbocycles. The Balaban J connectivity index is 1.35. The summed E-state index contributed by atoms with van der Waals surface area (Å²) >= 11 is 7.16. The van der Waals surface area contributed by atoms with E-state index < -0.39 is 11.7 Å². The molecule has 1 aliphatic rings. The molecule has 0 unspecified atom stereocenters. The van der Waals surface area contributed by atoms with Gasteiger partial charge in [-0.2, -0.15) is 0 Å². The molecule has 0 aliphatic carbocycles. The lowest BCUT2D eigenvalue weighted by atomic mass is 10.1. The highest BCUT2D eigenvalue weighted by Crippen LogP contribution is 2.25. The van der Waals surface area contributed by atoms with Crippen molar-refractivity contribution in [3.63, 3.8) is 0 Å². The zero-order valence-corrected chi connectivity index (χ0v) is 17.7. The van der Waals surface area contributed by atoms with Gasteiger partial charge in [-0.05, 0) is 42.5 Å². The summed E-state index contributed by atoms with van der Waals surface area (Å²) in [4.78, 5) is 41.2. The summed E-state index contributed by atoms with van der Waals surface area (Å²) in [5.41, 5.74) is 0.234. The van der Waals surface area contributed by atoms with E-state index in [0.717, 1.165) is 6.07 Å². The summed E-state index contributed by atoms with van der Waals surface area (Å²) in [7, 11) is 0. The Kier molecular flexibility index (Phi) is 6.06. The largest absolute Gasteiger partial charge is 0.459 e. The highest BCUT2D eigenvalue weighted by molar-refractivity contribution is 7.18. The SMILES string of the molecule is O=C(Nc1ccc(C(=O)N2CCN(C(=O)c3ccc(F)cc3Cl)CC2)s1)c1ccco1. The quantitative estimate of drug-likeness (QED) is 0.637. The van der Waals surface area contributed by atoms with Gasteiger partial charge >= 0.3 is 0 Å². The zero-order chi connectivity index (χ0) is 22.0. The normalized spacial score (nSPS) is 13.9. The zero-order valence-electron chi connectivity index (χ0n) is 16.1. The molecule has 7 nitrogen and oxygen atoms in total. The molecule has 0 bridgehead atoms. The van der Waals surface area contributed by atoms with Crippen LogP contribution in [0.25, 0.3) is 0 Å². The number of anilines is 1. The summed E-state index contributed by atoms with van der Waals surface area (Å²) in [6.45, 7) is 1.39. The number of carbonyl (C=O) groups is 3. The number of rotatable bonds is 4. The maximum atomic E-state index is 13.2. The molecule has 0 spiro atoms. The number of hydrogen-bond acceptors (Lipinski definition) is 5. The first-order chi connectivity index (χ1) is 14.9. The van der Waals surface area contributed by atoms with E-state index in [9.17, 15) is 18.8 Å². The molecule has 31 heavy (non-hydrogen) atoms. The molecule has 1 N–H and O–H groups in total. The smallest absolute Gasteiger partial charge is 0.291 e. The van der Waals surface area contributed by atoms with E-state index in [1.807, 2.05) is 0 Å². The number of nitrogens with one attached hydrogen (secondary N) is 1. The number of hydrogen-bond donors (Lipinski definition) is 1. The molecule has 0 radical (unpaired) electrons. The molecular weight excluding hydrogens is 445 g/mol. The van der Waals surface area contributed by atoms with Crippen molar-refractivity contribution in [3.8, 4) is 0 Å². The van der Waals surface area contributed by atoms with Crippen molar-refractivity contribution in [3.05, 3.63) is 75.8 Å². The summed E-state index contributed by atoms with van der Waals surface area (Å²) in [6.07, 6.45) is 1.41. The van der Waals surface area contributed by atoms with Crippen LogP contribution in [0.2, 0.25) is 5.02 Å². The molecule has 160 valence electrons. The highest BCUT2D eigenvalue weighted by atomic mass is 35.5. The van der Waals surface area contributed by atoms with E-state index in [4.69, 9.17) is 16.0 Å². The van der Waals surface area contributed by atoms with E-state index in [-0.39, 0.29) is 28.2 Å². The van der Waals surface area contributed by atoms with Crippen LogP contribution in [0, 0.1) is 5.82 Å². The van der Waals surface area contributed by atoms with Gasteiger partial charge in [-0.15, -0.1) is 11.3 Å². The molecule has 2 aromatic heterocycles. The third-order valence-corrected chi connectivity index (χ3v) is 6.12. The van der Waals surface area contributed by atoms with Crippen molar-refractivity contribution in [2.24, 2.45) is 0 Å². The van der Waals surface area contributed by atoms with Gasteiger partial charge in [-0.3, -0.25) is 14.4 Å². The molecule has 4 rings (SSSR count). The van der Waals surface area contributed by atoms with Crippen molar-refractivity contribution >= 4 is 45.7 Å². The van der Waals surface area contributed by atoms with Gasteiger partial charge in [0.05, 0.1) is 26.7 Å². The number of nitrogens with zero attached hydrogens (tertiary/aromatic N) is 2. The minimum Gasteiger partial charge on any atom is -0.459 e. The van der Waals surface area contributed by atoms with Crippen LogP contribution in [-0.4, -0.2) is 53.7 Å². The fourth-order valence-electron chi connectivity index (χ4n) is 3.20. The first-order valence-corrected chi connectivity index (χ1v) is 10.6. The van der Waals surface area contributed by atoms with Crippen LogP contribution in [0.5, 0.6) is 0 Å². The van der Waals surface area contributed by atoms with Crippen molar-refractivity contribution < 1.29 is 23.2 Å². The summed E-state index contributed by atoms with van der Waals surface area (Å²) < 4.78 is 18.3. The average Bonchev–Trinajstić information content (AvgIpc) is 3.45. The Morgan fingerprint density at radius 3 is 2.35 bits per heavy atom. The van der Waals surface area contributed by atoms with Crippen LogP contribution >= 0.6 is 22.9 Å². The number of halogens is 2. The number of thiophene rings is 1. The molecule has 1 aromatic carbocycles. The molecule has 3 heterocycles. The topological polar surface area (TPSA) is 82.9 Å². The Morgan fingerprint density at radius 1 is 1.00 bits per heavy atom. The van der Waals surface area contributed by atoms with Gasteiger partial charge in [-0.1, -0.05) is 11.6 Å². The molecule has 1 aliphatic heterocycles. The lowest BCUT2D eigenvalue weighted by Gasteiger charge is -2.34. The van der Waals surface area contributed by atoms with Gasteiger partial charge in [0.15, 0.2) is 5.76 Å². The molecule has 3 aromatic rings. The Hall–Kier alpha value is -3.17. The van der Waals surface area contributed by atoms with E-state index in [0.29, 0.717) is 36.1 Å². The maximum Gasteiger partial charge on any atom is 0.291 e. The molecule has 3 amide bonds. The number of furan rings is 1. The van der Waals surface area contributed by atoms with Crippen LogP contribution in [0.1, 0.15) is 30.6 Å². The van der Waals surface area contributed by atoms with E-state index >= 15 is 0 Å². The number of amides is 3. The van der Waals surface area contributed by atoms with E-state index in [1.165, 1.54) is 29.7 Å². The second-order valence-corrected chi connectivity index (χ2v) is 8.29. The first-order valence-electron chi connectivity index (χ1n) is 9.40. The lowest BCUT2D eigenvalue weighted by Crippen LogP contribution is -2.50. The molecule has 1 saturated heterocycles. The highest BCUT2D eigenvalue weighted by Gasteiger charge is 2.27. The molecule has 1 fully saturated rings. The van der Waals surface area contributed by atoms with Gasteiger partial charge < -0.3 is 19.5 Å². The van der Waals surface area contributed by atoms with E-state index in [2.05, 4.69) is 5.32 Å². The van der Waals surface area contributed by atoms with Crippen LogP contribution < -0.4 is 5.32 Å². The van der Waals surface area contributed by atoms with E-state index in [1.54, 1.807) is 34.1 Å². The Labute approximate surface area is 186 Å². The summed E-state index contributed by atoms with van der Waals surface area (Å²) in [5.74, 6) is -1.18. The van der Waals surface area contributed by atoms with Gasteiger partial charge in [0.25, 0.3) is 17.7 Å². The van der Waals surface area contributed by atoms with Crippen molar-refractivity contribution in [2.75, 3.05) is 31.5 Å². The van der Waals surface area contributed by atoms with Crippen molar-refractivity contribution in [1.29, 1.82) is 0 Å². The predicted octanol–water partition coefficient (Wildman–Crippen LogP) is 3.98. The fraction of sp³-hybridized carbons (Fsp3) is 0.190. The third-order valence-electron chi connectivity index (χ3n) is 4.81. The molecular formula is C21H17ClFN3O4S. The average molecular weight is 462 g/mol. The molecule has 10 heteroatoms. The third kappa shape index (κ3) is 4.62. The van der Waals surface area contributed by atoms with Gasteiger partial charge in [-0.25, -0.2) is 4.39 Å².